The number of nitrogens with zero attached hydrogens (tertiary/aromatic N) is 5. The second-order valence-electron chi connectivity index (χ2n) is 5.73. The molecule has 0 spiro atoms. The highest BCUT2D eigenvalue weighted by Gasteiger charge is 2.10. The third kappa shape index (κ3) is 4.04. The molecule has 4 rings (SSSR count). The molecule has 0 bridgehead atoms. The molecule has 0 saturated heterocycles. The first-order valence-electron chi connectivity index (χ1n) is 8.09. The van der Waals surface area contributed by atoms with Crippen LogP contribution in [0.4, 0.5) is 17.6 Å². The second-order valence-corrected chi connectivity index (χ2v) is 6.13. The molecule has 3 N–H and O–H groups in total. The van der Waals surface area contributed by atoms with Crippen molar-refractivity contribution in [2.45, 2.75) is 13.5 Å². The first-order chi connectivity index (χ1) is 13.2. The van der Waals surface area contributed by atoms with Crippen molar-refractivity contribution in [3.63, 3.8) is 0 Å². The molecule has 0 aliphatic rings. The van der Waals surface area contributed by atoms with E-state index in [1.807, 2.05) is 31.2 Å². The lowest BCUT2D eigenvalue weighted by atomic mass is 10.2. The third-order valence-electron chi connectivity index (χ3n) is 3.63. The Hall–Kier alpha value is -3.46. The summed E-state index contributed by atoms with van der Waals surface area (Å²) in [6.07, 6.45) is 4.95. The van der Waals surface area contributed by atoms with Gasteiger partial charge in [0.15, 0.2) is 17.4 Å². The van der Waals surface area contributed by atoms with Gasteiger partial charge in [-0.15, -0.1) is 0 Å². The van der Waals surface area contributed by atoms with E-state index in [-0.39, 0.29) is 0 Å². The van der Waals surface area contributed by atoms with E-state index < -0.39 is 0 Å². The lowest BCUT2D eigenvalue weighted by molar-refractivity contribution is 0.390. The quantitative estimate of drug-likeness (QED) is 0.463. The van der Waals surface area contributed by atoms with Crippen LogP contribution in [0.2, 0.25) is 5.02 Å². The van der Waals surface area contributed by atoms with Crippen LogP contribution in [0.1, 0.15) is 11.5 Å². The van der Waals surface area contributed by atoms with Crippen molar-refractivity contribution < 1.29 is 4.52 Å². The molecule has 0 radical (unpaired) electrons. The van der Waals surface area contributed by atoms with Gasteiger partial charge < -0.3 is 15.2 Å². The first kappa shape index (κ1) is 17.0. The summed E-state index contributed by atoms with van der Waals surface area (Å²) in [5, 5.41) is 17.5. The second kappa shape index (κ2) is 7.42. The molecule has 4 heterocycles. The summed E-state index contributed by atoms with van der Waals surface area (Å²) in [7, 11) is 0. The summed E-state index contributed by atoms with van der Waals surface area (Å²) in [6, 6.07) is 7.45. The van der Waals surface area contributed by atoms with Crippen molar-refractivity contribution in [3.05, 3.63) is 59.3 Å². The number of anilines is 3. The maximum absolute atomic E-state index is 6.15. The van der Waals surface area contributed by atoms with Crippen LogP contribution in [-0.2, 0) is 6.54 Å². The summed E-state index contributed by atoms with van der Waals surface area (Å²) in [5.74, 6) is 2.11. The Morgan fingerprint density at radius 2 is 2.19 bits per heavy atom. The van der Waals surface area contributed by atoms with Crippen molar-refractivity contribution in [2.75, 3.05) is 10.6 Å². The van der Waals surface area contributed by atoms with Gasteiger partial charge in [-0.3, -0.25) is 10.1 Å². The molecule has 0 fully saturated rings. The van der Waals surface area contributed by atoms with Gasteiger partial charge in [0.05, 0.1) is 12.7 Å². The van der Waals surface area contributed by atoms with Crippen LogP contribution in [0, 0.1) is 6.92 Å². The molecular formula is C17H15ClN8O. The Morgan fingerprint density at radius 3 is 2.96 bits per heavy atom. The summed E-state index contributed by atoms with van der Waals surface area (Å²) < 4.78 is 5.34. The molecule has 4 aromatic rings. The van der Waals surface area contributed by atoms with Crippen LogP contribution in [0.3, 0.4) is 0 Å². The van der Waals surface area contributed by atoms with Gasteiger partial charge in [0.25, 0.3) is 0 Å². The molecule has 9 nitrogen and oxygen atoms in total. The van der Waals surface area contributed by atoms with Gasteiger partial charge in [0.1, 0.15) is 10.7 Å². The fraction of sp³-hybridized carbons (Fsp3) is 0.118. The first-order valence-corrected chi connectivity index (χ1v) is 8.46. The van der Waals surface area contributed by atoms with E-state index in [1.54, 1.807) is 12.4 Å². The van der Waals surface area contributed by atoms with Gasteiger partial charge in [-0.25, -0.2) is 4.98 Å². The molecule has 0 saturated carbocycles. The summed E-state index contributed by atoms with van der Waals surface area (Å²) >= 11 is 6.15. The summed E-state index contributed by atoms with van der Waals surface area (Å²) in [5.41, 5.74) is 2.53. The minimum Gasteiger partial charge on any atom is -0.359 e. The van der Waals surface area contributed by atoms with Crippen molar-refractivity contribution >= 4 is 29.2 Å². The number of nitrogens with one attached hydrogen (secondary N) is 3. The Bertz CT molecular complexity index is 1050. The molecule has 0 amide bonds. The molecule has 0 aromatic carbocycles. The standard InChI is InChI=1S/C17H15ClN8O/c1-10-5-15(25-24-10)22-16-13(18)9-21-17(23-16)20-8-12-6-14(26-27-12)11-3-2-4-19-7-11/h2-7,9H,8H2,1H3,(H3,20,21,22,23,24,25). The van der Waals surface area contributed by atoms with Crippen molar-refractivity contribution in [1.29, 1.82) is 0 Å². The maximum Gasteiger partial charge on any atom is 0.225 e. The Labute approximate surface area is 159 Å². The smallest absolute Gasteiger partial charge is 0.225 e. The lowest BCUT2D eigenvalue weighted by Crippen LogP contribution is -2.05. The number of H-pyrrole nitrogens is 1. The zero-order valence-electron chi connectivity index (χ0n) is 14.3. The van der Waals surface area contributed by atoms with E-state index in [2.05, 4.69) is 40.9 Å². The fourth-order valence-electron chi connectivity index (χ4n) is 2.36. The minimum absolute atomic E-state index is 0.371. The maximum atomic E-state index is 6.15. The SMILES string of the molecule is Cc1cc(Nc2nc(NCc3cc(-c4cccnc4)no3)ncc2Cl)n[nH]1. The number of pyridine rings is 1. The molecule has 0 aliphatic carbocycles. The van der Waals surface area contributed by atoms with Gasteiger partial charge in [-0.2, -0.15) is 10.1 Å². The highest BCUT2D eigenvalue weighted by atomic mass is 35.5. The van der Waals surface area contributed by atoms with Crippen LogP contribution in [-0.4, -0.2) is 30.3 Å². The van der Waals surface area contributed by atoms with Gasteiger partial charge in [-0.05, 0) is 19.1 Å². The number of halogens is 1. The Morgan fingerprint density at radius 1 is 1.26 bits per heavy atom. The number of hydrogen-bond acceptors (Lipinski definition) is 8. The van der Waals surface area contributed by atoms with E-state index in [0.29, 0.717) is 40.6 Å². The lowest BCUT2D eigenvalue weighted by Gasteiger charge is -2.07. The van der Waals surface area contributed by atoms with Crippen LogP contribution in [0.5, 0.6) is 0 Å². The number of aryl methyl sites for hydroxylation is 1. The molecular weight excluding hydrogens is 368 g/mol. The summed E-state index contributed by atoms with van der Waals surface area (Å²) in [4.78, 5) is 12.6. The summed E-state index contributed by atoms with van der Waals surface area (Å²) in [6.45, 7) is 2.28. The normalized spacial score (nSPS) is 10.7. The molecule has 10 heteroatoms. The van der Waals surface area contributed by atoms with Crippen molar-refractivity contribution in [1.82, 2.24) is 30.3 Å². The number of rotatable bonds is 6. The average molecular weight is 383 g/mol. The highest BCUT2D eigenvalue weighted by Crippen LogP contribution is 2.23. The van der Waals surface area contributed by atoms with E-state index in [1.165, 1.54) is 6.20 Å². The van der Waals surface area contributed by atoms with E-state index in [4.69, 9.17) is 16.1 Å². The topological polar surface area (TPSA) is 117 Å². The zero-order valence-corrected chi connectivity index (χ0v) is 15.0. The van der Waals surface area contributed by atoms with Crippen LogP contribution in [0.15, 0.2) is 47.4 Å². The highest BCUT2D eigenvalue weighted by molar-refractivity contribution is 6.32. The zero-order chi connectivity index (χ0) is 18.6. The van der Waals surface area contributed by atoms with Crippen LogP contribution >= 0.6 is 11.6 Å². The molecule has 0 aliphatic heterocycles. The molecule has 0 atom stereocenters. The van der Waals surface area contributed by atoms with E-state index >= 15 is 0 Å². The van der Waals surface area contributed by atoms with Crippen molar-refractivity contribution in [2.24, 2.45) is 0 Å². The minimum atomic E-state index is 0.371. The van der Waals surface area contributed by atoms with Crippen LogP contribution < -0.4 is 10.6 Å². The number of hydrogen-bond donors (Lipinski definition) is 3. The van der Waals surface area contributed by atoms with Gasteiger partial charge >= 0.3 is 0 Å². The van der Waals surface area contributed by atoms with Crippen molar-refractivity contribution in [3.8, 4) is 11.3 Å². The predicted molar refractivity (Wildman–Crippen MR) is 101 cm³/mol. The Kier molecular flexibility index (Phi) is 4.67. The number of aromatic nitrogens is 6. The van der Waals surface area contributed by atoms with Gasteiger partial charge in [0, 0.05) is 35.8 Å². The third-order valence-corrected chi connectivity index (χ3v) is 3.91. The van der Waals surface area contributed by atoms with Gasteiger partial charge in [0.2, 0.25) is 5.95 Å². The fourth-order valence-corrected chi connectivity index (χ4v) is 2.49. The van der Waals surface area contributed by atoms with Gasteiger partial charge in [-0.1, -0.05) is 16.8 Å². The predicted octanol–water partition coefficient (Wildman–Crippen LogP) is 3.57. The average Bonchev–Trinajstić information content (AvgIpc) is 3.32. The number of aromatic amines is 1. The molecule has 136 valence electrons. The van der Waals surface area contributed by atoms with E-state index in [0.717, 1.165) is 11.3 Å². The molecule has 4 aromatic heterocycles. The van der Waals surface area contributed by atoms with E-state index in [9.17, 15) is 0 Å². The molecule has 27 heavy (non-hydrogen) atoms. The largest absolute Gasteiger partial charge is 0.359 e. The monoisotopic (exact) mass is 382 g/mol. The Balaban J connectivity index is 1.44. The molecule has 0 unspecified atom stereocenters. The van der Waals surface area contributed by atoms with Crippen LogP contribution in [0.25, 0.3) is 11.3 Å².